The first-order valence-corrected chi connectivity index (χ1v) is 8.11. The summed E-state index contributed by atoms with van der Waals surface area (Å²) < 4.78 is 0. The van der Waals surface area contributed by atoms with Gasteiger partial charge in [-0.15, -0.1) is 11.3 Å². The largest absolute Gasteiger partial charge is 0.340 e. The topological polar surface area (TPSA) is 89.8 Å². The smallest absolute Gasteiger partial charge is 0.266 e. The minimum atomic E-state index is -0.377. The van der Waals surface area contributed by atoms with Crippen LogP contribution in [0, 0.1) is 25.2 Å². The summed E-state index contributed by atoms with van der Waals surface area (Å²) in [5.74, 6) is 0.00140. The van der Waals surface area contributed by atoms with Crippen molar-refractivity contribution < 1.29 is 4.79 Å². The van der Waals surface area contributed by atoms with Gasteiger partial charge in [-0.2, -0.15) is 5.26 Å². The fraction of sp³-hybridized carbons (Fsp3) is 0.375. The standard InChI is InChI=1S/C16H18N4O2S/c1-10-13(11(2)19-16(22)14(10)6-17)4-5-15(21)20(3)7-12-8-23-9-18-12/h8-9H,4-5,7H2,1-3H3,(H,19,22). The fourth-order valence-electron chi connectivity index (χ4n) is 2.49. The molecular formula is C16H18N4O2S. The van der Waals surface area contributed by atoms with Crippen LogP contribution < -0.4 is 5.56 Å². The number of hydrogen-bond donors (Lipinski definition) is 1. The van der Waals surface area contributed by atoms with Crippen molar-refractivity contribution in [2.45, 2.75) is 33.2 Å². The lowest BCUT2D eigenvalue weighted by Crippen LogP contribution is -2.27. The molecule has 0 fully saturated rings. The molecule has 0 spiro atoms. The normalized spacial score (nSPS) is 10.3. The maximum atomic E-state index is 12.3. The zero-order valence-electron chi connectivity index (χ0n) is 13.3. The molecule has 0 aliphatic rings. The van der Waals surface area contributed by atoms with E-state index in [9.17, 15) is 9.59 Å². The van der Waals surface area contributed by atoms with Gasteiger partial charge in [0.2, 0.25) is 5.91 Å². The van der Waals surface area contributed by atoms with Crippen LogP contribution in [0.25, 0.3) is 0 Å². The van der Waals surface area contributed by atoms with Gasteiger partial charge in [-0.1, -0.05) is 0 Å². The van der Waals surface area contributed by atoms with Crippen LogP contribution in [0.2, 0.25) is 0 Å². The molecule has 1 N–H and O–H groups in total. The molecule has 0 atom stereocenters. The van der Waals surface area contributed by atoms with E-state index in [2.05, 4.69) is 9.97 Å². The van der Waals surface area contributed by atoms with Crippen molar-refractivity contribution in [1.29, 1.82) is 5.26 Å². The number of carbonyl (C=O) groups is 1. The van der Waals surface area contributed by atoms with Crippen molar-refractivity contribution in [3.05, 3.63) is 49.3 Å². The molecule has 0 saturated heterocycles. The Bertz CT molecular complexity index is 803. The molecule has 0 aliphatic heterocycles. The van der Waals surface area contributed by atoms with E-state index in [-0.39, 0.29) is 17.0 Å². The van der Waals surface area contributed by atoms with Gasteiger partial charge >= 0.3 is 0 Å². The molecule has 2 rings (SSSR count). The highest BCUT2D eigenvalue weighted by molar-refractivity contribution is 7.07. The van der Waals surface area contributed by atoms with Gasteiger partial charge in [0.25, 0.3) is 5.56 Å². The summed E-state index contributed by atoms with van der Waals surface area (Å²) in [6.07, 6.45) is 0.808. The summed E-state index contributed by atoms with van der Waals surface area (Å²) in [6.45, 7) is 4.02. The van der Waals surface area contributed by atoms with Crippen LogP contribution in [-0.4, -0.2) is 27.8 Å². The fourth-order valence-corrected chi connectivity index (χ4v) is 3.04. The summed E-state index contributed by atoms with van der Waals surface area (Å²) in [6, 6.07) is 1.93. The summed E-state index contributed by atoms with van der Waals surface area (Å²) in [4.78, 5) is 32.4. The highest BCUT2D eigenvalue weighted by Gasteiger charge is 2.15. The number of amides is 1. The molecule has 0 aromatic carbocycles. The van der Waals surface area contributed by atoms with E-state index in [1.807, 2.05) is 11.4 Å². The first kappa shape index (κ1) is 16.9. The number of aryl methyl sites for hydroxylation is 1. The van der Waals surface area contributed by atoms with Gasteiger partial charge in [0.15, 0.2) is 0 Å². The number of nitrogens with one attached hydrogen (secondary N) is 1. The van der Waals surface area contributed by atoms with Crippen molar-refractivity contribution in [3.63, 3.8) is 0 Å². The minimum Gasteiger partial charge on any atom is -0.340 e. The van der Waals surface area contributed by atoms with Crippen molar-refractivity contribution >= 4 is 17.2 Å². The van der Waals surface area contributed by atoms with Crippen molar-refractivity contribution in [3.8, 4) is 6.07 Å². The number of pyridine rings is 1. The molecule has 120 valence electrons. The molecule has 0 radical (unpaired) electrons. The first-order chi connectivity index (χ1) is 10.9. The van der Waals surface area contributed by atoms with Crippen LogP contribution in [0.3, 0.4) is 0 Å². The number of aromatic amines is 1. The number of hydrogen-bond acceptors (Lipinski definition) is 5. The third kappa shape index (κ3) is 3.85. The zero-order valence-corrected chi connectivity index (χ0v) is 14.2. The van der Waals surface area contributed by atoms with Gasteiger partial charge in [0.1, 0.15) is 11.6 Å². The van der Waals surface area contributed by atoms with Crippen LogP contribution in [0.15, 0.2) is 15.7 Å². The lowest BCUT2D eigenvalue weighted by Gasteiger charge is -2.17. The quantitative estimate of drug-likeness (QED) is 0.907. The molecule has 6 nitrogen and oxygen atoms in total. The van der Waals surface area contributed by atoms with Gasteiger partial charge in [-0.05, 0) is 31.4 Å². The lowest BCUT2D eigenvalue weighted by molar-refractivity contribution is -0.130. The van der Waals surface area contributed by atoms with Crippen molar-refractivity contribution in [2.75, 3.05) is 7.05 Å². The molecule has 23 heavy (non-hydrogen) atoms. The number of nitriles is 1. The Kier molecular flexibility index (Phi) is 5.29. The Morgan fingerprint density at radius 2 is 2.22 bits per heavy atom. The van der Waals surface area contributed by atoms with Gasteiger partial charge in [0, 0.05) is 24.5 Å². The molecule has 0 bridgehead atoms. The summed E-state index contributed by atoms with van der Waals surface area (Å²) in [5.41, 5.74) is 4.58. The van der Waals surface area contributed by atoms with Crippen LogP contribution >= 0.6 is 11.3 Å². The van der Waals surface area contributed by atoms with Gasteiger partial charge in [0.05, 0.1) is 17.7 Å². The number of rotatable bonds is 5. The average Bonchev–Trinajstić information content (AvgIpc) is 2.99. The minimum absolute atomic E-state index is 0.00140. The van der Waals surface area contributed by atoms with E-state index in [1.165, 1.54) is 11.3 Å². The Morgan fingerprint density at radius 3 is 2.83 bits per heavy atom. The second-order valence-electron chi connectivity index (χ2n) is 5.40. The van der Waals surface area contributed by atoms with E-state index in [1.54, 1.807) is 31.3 Å². The van der Waals surface area contributed by atoms with Gasteiger partial charge in [-0.3, -0.25) is 9.59 Å². The third-order valence-electron chi connectivity index (χ3n) is 3.82. The van der Waals surface area contributed by atoms with E-state index >= 15 is 0 Å². The predicted octanol–water partition coefficient (Wildman–Crippen LogP) is 1.91. The summed E-state index contributed by atoms with van der Waals surface area (Å²) in [5, 5.41) is 11.0. The highest BCUT2D eigenvalue weighted by Crippen LogP contribution is 2.16. The maximum absolute atomic E-state index is 12.3. The lowest BCUT2D eigenvalue weighted by atomic mass is 9.99. The molecule has 1 amide bonds. The van der Waals surface area contributed by atoms with Crippen LogP contribution in [0.4, 0.5) is 0 Å². The van der Waals surface area contributed by atoms with Crippen LogP contribution in [-0.2, 0) is 17.8 Å². The van der Waals surface area contributed by atoms with Crippen LogP contribution in [0.5, 0.6) is 0 Å². The van der Waals surface area contributed by atoms with Crippen molar-refractivity contribution in [1.82, 2.24) is 14.9 Å². The number of thiazole rings is 1. The molecule has 0 saturated carbocycles. The molecule has 0 aliphatic carbocycles. The monoisotopic (exact) mass is 330 g/mol. The Balaban J connectivity index is 2.07. The van der Waals surface area contributed by atoms with Gasteiger partial charge in [-0.25, -0.2) is 4.98 Å². The van der Waals surface area contributed by atoms with E-state index < -0.39 is 0 Å². The molecule has 2 aromatic heterocycles. The predicted molar refractivity (Wildman–Crippen MR) is 88.2 cm³/mol. The molecular weight excluding hydrogens is 312 g/mol. The molecule has 7 heteroatoms. The van der Waals surface area contributed by atoms with E-state index in [0.717, 1.165) is 11.3 Å². The average molecular weight is 330 g/mol. The molecule has 0 unspecified atom stereocenters. The number of carbonyl (C=O) groups excluding carboxylic acids is 1. The first-order valence-electron chi connectivity index (χ1n) is 7.17. The molecule has 2 heterocycles. The number of nitrogens with zero attached hydrogens (tertiary/aromatic N) is 3. The third-order valence-corrected chi connectivity index (χ3v) is 4.45. The summed E-state index contributed by atoms with van der Waals surface area (Å²) >= 11 is 1.50. The molecule has 2 aromatic rings. The zero-order chi connectivity index (χ0) is 17.0. The van der Waals surface area contributed by atoms with E-state index in [4.69, 9.17) is 5.26 Å². The Labute approximate surface area is 138 Å². The Morgan fingerprint density at radius 1 is 1.48 bits per heavy atom. The maximum Gasteiger partial charge on any atom is 0.266 e. The van der Waals surface area contributed by atoms with Crippen LogP contribution in [0.1, 0.15) is 34.5 Å². The van der Waals surface area contributed by atoms with E-state index in [0.29, 0.717) is 30.6 Å². The summed E-state index contributed by atoms with van der Waals surface area (Å²) in [7, 11) is 1.75. The second-order valence-corrected chi connectivity index (χ2v) is 6.12. The number of H-pyrrole nitrogens is 1. The Hall–Kier alpha value is -2.46. The second kappa shape index (κ2) is 7.20. The van der Waals surface area contributed by atoms with Crippen molar-refractivity contribution in [2.24, 2.45) is 0 Å². The SMILES string of the molecule is Cc1[nH]c(=O)c(C#N)c(C)c1CCC(=O)N(C)Cc1cscn1. The number of aromatic nitrogens is 2. The highest BCUT2D eigenvalue weighted by atomic mass is 32.1. The van der Waals surface area contributed by atoms with Gasteiger partial charge < -0.3 is 9.88 Å².